The number of rotatable bonds is 4. The van der Waals surface area contributed by atoms with Crippen molar-refractivity contribution in [3.8, 4) is 0 Å². The SMILES string of the molecule is CC(=Nc1ccccc1N=C(C)O[Si](C)(C)C)O[Si](C)(C)C. The number of nitrogens with zero attached hydrogens (tertiary/aromatic N) is 2. The van der Waals surface area contributed by atoms with Crippen molar-refractivity contribution in [3.63, 3.8) is 0 Å². The van der Waals surface area contributed by atoms with Gasteiger partial charge in [-0.15, -0.1) is 0 Å². The minimum absolute atomic E-state index is 0.686. The largest absolute Gasteiger partial charge is 0.535 e. The van der Waals surface area contributed by atoms with Crippen LogP contribution in [0.15, 0.2) is 34.3 Å². The van der Waals surface area contributed by atoms with E-state index in [1.54, 1.807) is 0 Å². The lowest BCUT2D eigenvalue weighted by Crippen LogP contribution is -2.28. The molecule has 4 nitrogen and oxygen atoms in total. The molecule has 0 N–H and O–H groups in total. The van der Waals surface area contributed by atoms with E-state index < -0.39 is 16.6 Å². The monoisotopic (exact) mass is 336 g/mol. The molecule has 0 heterocycles. The van der Waals surface area contributed by atoms with E-state index in [0.29, 0.717) is 11.8 Å². The average molecular weight is 337 g/mol. The van der Waals surface area contributed by atoms with Crippen LogP contribution in [0.2, 0.25) is 39.3 Å². The second-order valence-corrected chi connectivity index (χ2v) is 16.0. The number of aliphatic imine (C=N–C) groups is 2. The zero-order valence-corrected chi connectivity index (χ0v) is 17.0. The third-order valence-electron chi connectivity index (χ3n) is 2.35. The third-order valence-corrected chi connectivity index (χ3v) is 4.16. The van der Waals surface area contributed by atoms with Gasteiger partial charge in [0.25, 0.3) is 0 Å². The molecule has 0 bridgehead atoms. The minimum Gasteiger partial charge on any atom is -0.535 e. The maximum atomic E-state index is 5.90. The highest BCUT2D eigenvalue weighted by Crippen LogP contribution is 2.28. The van der Waals surface area contributed by atoms with Crippen molar-refractivity contribution in [2.75, 3.05) is 0 Å². The Balaban J connectivity index is 3.05. The summed E-state index contributed by atoms with van der Waals surface area (Å²) in [4.78, 5) is 9.14. The van der Waals surface area contributed by atoms with E-state index in [1.165, 1.54) is 0 Å². The Kier molecular flexibility index (Phi) is 6.13. The van der Waals surface area contributed by atoms with Gasteiger partial charge in [-0.1, -0.05) is 12.1 Å². The molecule has 1 rings (SSSR count). The lowest BCUT2D eigenvalue weighted by Gasteiger charge is -2.19. The van der Waals surface area contributed by atoms with E-state index in [-0.39, 0.29) is 0 Å². The van der Waals surface area contributed by atoms with E-state index >= 15 is 0 Å². The van der Waals surface area contributed by atoms with Crippen molar-refractivity contribution < 1.29 is 8.85 Å². The zero-order valence-electron chi connectivity index (χ0n) is 15.0. The molecule has 0 spiro atoms. The Morgan fingerprint density at radius 1 is 0.727 bits per heavy atom. The molecule has 0 saturated heterocycles. The van der Waals surface area contributed by atoms with Crippen molar-refractivity contribution in [1.29, 1.82) is 0 Å². The first kappa shape index (κ1) is 18.6. The summed E-state index contributed by atoms with van der Waals surface area (Å²) < 4.78 is 11.8. The van der Waals surface area contributed by atoms with Crippen LogP contribution in [0.5, 0.6) is 0 Å². The Morgan fingerprint density at radius 2 is 1.05 bits per heavy atom. The molecule has 22 heavy (non-hydrogen) atoms. The predicted molar refractivity (Wildman–Crippen MR) is 101 cm³/mol. The van der Waals surface area contributed by atoms with Crippen LogP contribution in [0.25, 0.3) is 0 Å². The maximum absolute atomic E-state index is 5.90. The van der Waals surface area contributed by atoms with Crippen LogP contribution in [-0.2, 0) is 8.85 Å². The van der Waals surface area contributed by atoms with Gasteiger partial charge in [-0.25, -0.2) is 9.98 Å². The number of para-hydroxylation sites is 2. The zero-order chi connectivity index (χ0) is 17.0. The molecular formula is C16H28N2O2Si2. The van der Waals surface area contributed by atoms with Crippen molar-refractivity contribution in [1.82, 2.24) is 0 Å². The van der Waals surface area contributed by atoms with Crippen LogP contribution in [0, 0.1) is 0 Å². The van der Waals surface area contributed by atoms with Crippen molar-refractivity contribution in [2.45, 2.75) is 53.1 Å². The summed E-state index contributed by atoms with van der Waals surface area (Å²) in [5.74, 6) is 1.37. The molecule has 0 unspecified atom stereocenters. The van der Waals surface area contributed by atoms with E-state index in [9.17, 15) is 0 Å². The summed E-state index contributed by atoms with van der Waals surface area (Å²) in [6, 6.07) is 7.79. The Bertz CT molecular complexity index is 519. The molecule has 0 saturated carbocycles. The number of hydrogen-bond donors (Lipinski definition) is 0. The fourth-order valence-electron chi connectivity index (χ4n) is 1.92. The summed E-state index contributed by atoms with van der Waals surface area (Å²) in [6.07, 6.45) is 0. The summed E-state index contributed by atoms with van der Waals surface area (Å²) in [6.45, 7) is 16.6. The van der Waals surface area contributed by atoms with E-state index in [4.69, 9.17) is 8.85 Å². The molecule has 0 radical (unpaired) electrons. The highest BCUT2D eigenvalue weighted by atomic mass is 28.4. The summed E-state index contributed by atoms with van der Waals surface area (Å²) >= 11 is 0. The van der Waals surface area contributed by atoms with Crippen LogP contribution in [0.1, 0.15) is 13.8 Å². The lowest BCUT2D eigenvalue weighted by molar-refractivity contribution is 0.546. The molecule has 0 aliphatic carbocycles. The van der Waals surface area contributed by atoms with Gasteiger partial charge < -0.3 is 8.85 Å². The number of hydrogen-bond acceptors (Lipinski definition) is 4. The first-order chi connectivity index (χ1) is 9.96. The van der Waals surface area contributed by atoms with Crippen molar-refractivity contribution in [3.05, 3.63) is 24.3 Å². The quantitative estimate of drug-likeness (QED) is 0.414. The lowest BCUT2D eigenvalue weighted by atomic mass is 10.3. The highest BCUT2D eigenvalue weighted by Gasteiger charge is 2.18. The fraction of sp³-hybridized carbons (Fsp3) is 0.500. The van der Waals surface area contributed by atoms with E-state index in [2.05, 4.69) is 49.3 Å². The molecule has 0 aliphatic rings. The van der Waals surface area contributed by atoms with Gasteiger partial charge in [0, 0.05) is 13.8 Å². The Hall–Kier alpha value is -1.41. The molecule has 0 fully saturated rings. The van der Waals surface area contributed by atoms with E-state index in [0.717, 1.165) is 11.4 Å². The van der Waals surface area contributed by atoms with Gasteiger partial charge in [-0.3, -0.25) is 0 Å². The van der Waals surface area contributed by atoms with Gasteiger partial charge in [0.1, 0.15) is 0 Å². The minimum atomic E-state index is -1.64. The fourth-order valence-corrected chi connectivity index (χ4v) is 3.79. The predicted octanol–water partition coefficient (Wildman–Crippen LogP) is 5.49. The smallest absolute Gasteiger partial charge is 0.243 e. The summed E-state index contributed by atoms with van der Waals surface area (Å²) in [5, 5.41) is 0. The van der Waals surface area contributed by atoms with E-state index in [1.807, 2.05) is 38.1 Å². The highest BCUT2D eigenvalue weighted by molar-refractivity contribution is 6.71. The van der Waals surface area contributed by atoms with Gasteiger partial charge >= 0.3 is 0 Å². The van der Waals surface area contributed by atoms with Crippen LogP contribution >= 0.6 is 0 Å². The molecule has 0 amide bonds. The molecule has 1 aromatic rings. The van der Waals surface area contributed by atoms with Gasteiger partial charge in [0.05, 0.1) is 11.4 Å². The molecular weight excluding hydrogens is 308 g/mol. The average Bonchev–Trinajstić information content (AvgIpc) is 2.26. The standard InChI is InChI=1S/C16H28N2O2Si2/c1-13(19-21(3,4)5)17-15-11-9-10-12-16(15)18-14(2)20-22(6,7)8/h9-12H,1-8H3. The maximum Gasteiger partial charge on any atom is 0.243 e. The third kappa shape index (κ3) is 7.56. The first-order valence-corrected chi connectivity index (χ1v) is 14.4. The molecule has 0 aromatic heterocycles. The summed E-state index contributed by atoms with van der Waals surface area (Å²) in [7, 11) is -3.28. The van der Waals surface area contributed by atoms with Gasteiger partial charge in [0.15, 0.2) is 11.8 Å². The van der Waals surface area contributed by atoms with Crippen LogP contribution < -0.4 is 0 Å². The van der Waals surface area contributed by atoms with Crippen molar-refractivity contribution >= 4 is 39.8 Å². The first-order valence-electron chi connectivity index (χ1n) is 7.54. The van der Waals surface area contributed by atoms with Crippen LogP contribution in [0.3, 0.4) is 0 Å². The molecule has 0 atom stereocenters. The molecule has 0 aliphatic heterocycles. The van der Waals surface area contributed by atoms with Crippen molar-refractivity contribution in [2.24, 2.45) is 9.98 Å². The molecule has 6 heteroatoms. The Morgan fingerprint density at radius 3 is 1.32 bits per heavy atom. The summed E-state index contributed by atoms with van der Waals surface area (Å²) in [5.41, 5.74) is 1.61. The van der Waals surface area contributed by atoms with Crippen LogP contribution in [0.4, 0.5) is 11.4 Å². The van der Waals surface area contributed by atoms with Crippen LogP contribution in [-0.4, -0.2) is 28.4 Å². The molecule has 1 aromatic carbocycles. The Labute approximate surface area is 136 Å². The number of benzene rings is 1. The normalized spacial score (nSPS) is 14.0. The molecule has 122 valence electrons. The van der Waals surface area contributed by atoms with Gasteiger partial charge in [-0.05, 0) is 51.4 Å². The van der Waals surface area contributed by atoms with Gasteiger partial charge in [0.2, 0.25) is 16.6 Å². The topological polar surface area (TPSA) is 43.2 Å². The second kappa shape index (κ2) is 7.24. The van der Waals surface area contributed by atoms with Gasteiger partial charge in [-0.2, -0.15) is 0 Å². The second-order valence-electron chi connectivity index (χ2n) is 7.18.